The second kappa shape index (κ2) is 11.1. The Balaban J connectivity index is 4.72. The highest BCUT2D eigenvalue weighted by molar-refractivity contribution is 5.87. The van der Waals surface area contributed by atoms with Gasteiger partial charge in [-0.15, -0.1) is 0 Å². The lowest BCUT2D eigenvalue weighted by Gasteiger charge is -2.07. The van der Waals surface area contributed by atoms with Gasteiger partial charge in [-0.25, -0.2) is 4.79 Å². The standard InChI is InChI=1S/C20H32O2/c1-15(2)9-7-11-17(5)13-14-19(20(21)22)18(6)12-8-10-16(3)4/h9-10,13H,7-8,11-12,14H2,1-6H3,(H,21,22)/b17-13+,19-18+. The zero-order valence-electron chi connectivity index (χ0n) is 15.1. The van der Waals surface area contributed by atoms with E-state index in [4.69, 9.17) is 0 Å². The van der Waals surface area contributed by atoms with Gasteiger partial charge in [-0.1, -0.05) is 40.5 Å². The highest BCUT2D eigenvalue weighted by atomic mass is 16.4. The third-order valence-electron chi connectivity index (χ3n) is 3.59. The van der Waals surface area contributed by atoms with Gasteiger partial charge in [0.05, 0.1) is 0 Å². The molecule has 0 bridgehead atoms. The van der Waals surface area contributed by atoms with Crippen LogP contribution in [0.5, 0.6) is 0 Å². The number of hydrogen-bond donors (Lipinski definition) is 1. The van der Waals surface area contributed by atoms with Gasteiger partial charge in [-0.05, 0) is 73.6 Å². The van der Waals surface area contributed by atoms with Crippen molar-refractivity contribution >= 4 is 5.97 Å². The molecule has 0 saturated carbocycles. The van der Waals surface area contributed by atoms with Gasteiger partial charge in [0.25, 0.3) is 0 Å². The maximum absolute atomic E-state index is 11.4. The van der Waals surface area contributed by atoms with Crippen LogP contribution in [0.15, 0.2) is 46.1 Å². The van der Waals surface area contributed by atoms with Crippen molar-refractivity contribution in [3.05, 3.63) is 46.1 Å². The Morgan fingerprint density at radius 1 is 0.818 bits per heavy atom. The number of carboxylic acid groups (broad SMARTS) is 1. The van der Waals surface area contributed by atoms with E-state index in [-0.39, 0.29) is 0 Å². The fourth-order valence-electron chi connectivity index (χ4n) is 2.14. The summed E-state index contributed by atoms with van der Waals surface area (Å²) >= 11 is 0. The van der Waals surface area contributed by atoms with E-state index in [9.17, 15) is 9.90 Å². The van der Waals surface area contributed by atoms with Crippen molar-refractivity contribution in [1.82, 2.24) is 0 Å². The van der Waals surface area contributed by atoms with Gasteiger partial charge in [0.15, 0.2) is 0 Å². The first kappa shape index (κ1) is 20.4. The number of carboxylic acids is 1. The van der Waals surface area contributed by atoms with Crippen molar-refractivity contribution in [1.29, 1.82) is 0 Å². The third kappa shape index (κ3) is 10.2. The van der Waals surface area contributed by atoms with Gasteiger partial charge in [-0.2, -0.15) is 0 Å². The Bertz CT molecular complexity index is 480. The summed E-state index contributed by atoms with van der Waals surface area (Å²) < 4.78 is 0. The van der Waals surface area contributed by atoms with E-state index < -0.39 is 5.97 Å². The van der Waals surface area contributed by atoms with Crippen LogP contribution in [0.25, 0.3) is 0 Å². The molecule has 0 aliphatic heterocycles. The molecule has 0 aliphatic rings. The van der Waals surface area contributed by atoms with Gasteiger partial charge < -0.3 is 5.11 Å². The van der Waals surface area contributed by atoms with Crippen LogP contribution in [0.2, 0.25) is 0 Å². The van der Waals surface area contributed by atoms with Gasteiger partial charge in [0.2, 0.25) is 0 Å². The summed E-state index contributed by atoms with van der Waals surface area (Å²) in [6.07, 6.45) is 10.7. The van der Waals surface area contributed by atoms with Crippen LogP contribution in [-0.2, 0) is 4.79 Å². The molecule has 22 heavy (non-hydrogen) atoms. The van der Waals surface area contributed by atoms with E-state index in [1.165, 1.54) is 16.7 Å². The van der Waals surface area contributed by atoms with Gasteiger partial charge in [0, 0.05) is 5.57 Å². The monoisotopic (exact) mass is 304 g/mol. The molecule has 124 valence electrons. The number of allylic oxidation sites excluding steroid dienone is 7. The minimum atomic E-state index is -0.789. The Hall–Kier alpha value is -1.57. The Morgan fingerprint density at radius 2 is 1.32 bits per heavy atom. The minimum absolute atomic E-state index is 0.524. The van der Waals surface area contributed by atoms with Crippen LogP contribution in [-0.4, -0.2) is 11.1 Å². The van der Waals surface area contributed by atoms with Crippen molar-refractivity contribution in [2.75, 3.05) is 0 Å². The molecule has 0 aliphatic carbocycles. The Kier molecular flexibility index (Phi) is 10.3. The third-order valence-corrected chi connectivity index (χ3v) is 3.59. The molecule has 0 aromatic rings. The molecule has 2 heteroatoms. The fourth-order valence-corrected chi connectivity index (χ4v) is 2.14. The maximum atomic E-state index is 11.4. The normalized spacial score (nSPS) is 12.5. The van der Waals surface area contributed by atoms with Crippen LogP contribution >= 0.6 is 0 Å². The Morgan fingerprint density at radius 3 is 1.77 bits per heavy atom. The molecule has 0 spiro atoms. The number of rotatable bonds is 9. The highest BCUT2D eigenvalue weighted by Crippen LogP contribution is 2.18. The van der Waals surface area contributed by atoms with Crippen LogP contribution in [0.3, 0.4) is 0 Å². The summed E-state index contributed by atoms with van der Waals surface area (Å²) in [5.41, 5.74) is 5.39. The molecule has 0 rings (SSSR count). The van der Waals surface area contributed by atoms with Crippen molar-refractivity contribution in [3.63, 3.8) is 0 Å². The molecule has 0 atom stereocenters. The largest absolute Gasteiger partial charge is 0.478 e. The van der Waals surface area contributed by atoms with E-state index >= 15 is 0 Å². The molecular formula is C20H32O2. The quantitative estimate of drug-likeness (QED) is 0.406. The summed E-state index contributed by atoms with van der Waals surface area (Å²) in [5.74, 6) is -0.789. The summed E-state index contributed by atoms with van der Waals surface area (Å²) in [4.78, 5) is 11.4. The molecule has 0 amide bonds. The molecule has 0 saturated heterocycles. The predicted molar refractivity (Wildman–Crippen MR) is 96.0 cm³/mol. The number of hydrogen-bond acceptors (Lipinski definition) is 1. The first-order valence-electron chi connectivity index (χ1n) is 8.08. The first-order valence-corrected chi connectivity index (χ1v) is 8.08. The molecular weight excluding hydrogens is 272 g/mol. The van der Waals surface area contributed by atoms with Gasteiger partial charge >= 0.3 is 5.97 Å². The predicted octanol–water partition coefficient (Wildman–Crippen LogP) is 6.22. The molecule has 1 N–H and O–H groups in total. The Labute approximate surface area is 136 Å². The number of aliphatic carboxylic acids is 1. The lowest BCUT2D eigenvalue weighted by Crippen LogP contribution is -2.03. The molecule has 0 radical (unpaired) electrons. The smallest absolute Gasteiger partial charge is 0.331 e. The van der Waals surface area contributed by atoms with Crippen LogP contribution < -0.4 is 0 Å². The topological polar surface area (TPSA) is 37.3 Å². The molecule has 0 fully saturated rings. The lowest BCUT2D eigenvalue weighted by molar-refractivity contribution is -0.132. The van der Waals surface area contributed by atoms with E-state index in [1.807, 2.05) is 6.92 Å². The molecule has 0 unspecified atom stereocenters. The van der Waals surface area contributed by atoms with Crippen molar-refractivity contribution < 1.29 is 9.90 Å². The summed E-state index contributed by atoms with van der Waals surface area (Å²) in [6, 6.07) is 0. The van der Waals surface area contributed by atoms with Crippen LogP contribution in [0, 0.1) is 0 Å². The van der Waals surface area contributed by atoms with Gasteiger partial charge in [-0.3, -0.25) is 0 Å². The van der Waals surface area contributed by atoms with Crippen LogP contribution in [0.1, 0.15) is 73.6 Å². The van der Waals surface area contributed by atoms with Gasteiger partial charge in [0.1, 0.15) is 0 Å². The molecule has 2 nitrogen and oxygen atoms in total. The van der Waals surface area contributed by atoms with E-state index in [2.05, 4.69) is 52.8 Å². The second-order valence-electron chi connectivity index (χ2n) is 6.46. The average Bonchev–Trinajstić information content (AvgIpc) is 2.37. The minimum Gasteiger partial charge on any atom is -0.478 e. The van der Waals surface area contributed by atoms with E-state index in [1.54, 1.807) is 0 Å². The summed E-state index contributed by atoms with van der Waals surface area (Å²) in [7, 11) is 0. The first-order chi connectivity index (χ1) is 10.2. The van der Waals surface area contributed by atoms with Crippen molar-refractivity contribution in [2.24, 2.45) is 0 Å². The van der Waals surface area contributed by atoms with Crippen molar-refractivity contribution in [3.8, 4) is 0 Å². The molecule has 0 aromatic heterocycles. The number of carbonyl (C=O) groups is 1. The SMILES string of the molecule is CC(C)=CCC/C(C)=C/C/C(C(=O)O)=C(/C)CCC=C(C)C. The fraction of sp³-hybridized carbons (Fsp3) is 0.550. The summed E-state index contributed by atoms with van der Waals surface area (Å²) in [5, 5.41) is 9.40. The average molecular weight is 304 g/mol. The zero-order valence-corrected chi connectivity index (χ0v) is 15.1. The van der Waals surface area contributed by atoms with Crippen molar-refractivity contribution in [2.45, 2.75) is 73.6 Å². The maximum Gasteiger partial charge on any atom is 0.331 e. The van der Waals surface area contributed by atoms with E-state index in [0.717, 1.165) is 31.3 Å². The second-order valence-corrected chi connectivity index (χ2v) is 6.46. The molecule has 0 aromatic carbocycles. The van der Waals surface area contributed by atoms with E-state index in [0.29, 0.717) is 12.0 Å². The summed E-state index contributed by atoms with van der Waals surface area (Å²) in [6.45, 7) is 12.3. The molecule has 0 heterocycles. The highest BCUT2D eigenvalue weighted by Gasteiger charge is 2.09. The lowest BCUT2D eigenvalue weighted by atomic mass is 9.99. The zero-order chi connectivity index (χ0) is 17.1. The van der Waals surface area contributed by atoms with Crippen LogP contribution in [0.4, 0.5) is 0 Å².